The Hall–Kier alpha value is -3.16. The average molecular weight is 317 g/mol. The fraction of sp³-hybridized carbons (Fsp3) is 0.200. The van der Waals surface area contributed by atoms with Crippen LogP contribution in [0.25, 0.3) is 0 Å². The first-order valence-electron chi connectivity index (χ1n) is 6.82. The van der Waals surface area contributed by atoms with Gasteiger partial charge in [-0.1, -0.05) is 6.07 Å². The molecule has 120 valence electrons. The van der Waals surface area contributed by atoms with Crippen molar-refractivity contribution in [2.45, 2.75) is 19.4 Å². The molecule has 8 heteroatoms. The molecule has 8 nitrogen and oxygen atoms in total. The number of nitro benzene ring substituents is 1. The zero-order chi connectivity index (χ0) is 16.8. The minimum Gasteiger partial charge on any atom is -0.504 e. The van der Waals surface area contributed by atoms with E-state index in [0.29, 0.717) is 12.1 Å². The van der Waals surface area contributed by atoms with Crippen molar-refractivity contribution in [1.82, 2.24) is 10.3 Å². The number of aromatic hydroxyl groups is 2. The number of pyridine rings is 1. The summed E-state index contributed by atoms with van der Waals surface area (Å²) in [6.07, 6.45) is 3.58. The summed E-state index contributed by atoms with van der Waals surface area (Å²) in [7, 11) is 0. The molecule has 0 fully saturated rings. The highest BCUT2D eigenvalue weighted by Gasteiger charge is 2.19. The molecule has 0 radical (unpaired) electrons. The quantitative estimate of drug-likeness (QED) is 0.422. The van der Waals surface area contributed by atoms with Crippen molar-refractivity contribution in [3.05, 3.63) is 57.9 Å². The number of amides is 1. The Morgan fingerprint density at radius 1 is 1.30 bits per heavy atom. The molecule has 1 amide bonds. The van der Waals surface area contributed by atoms with E-state index >= 15 is 0 Å². The summed E-state index contributed by atoms with van der Waals surface area (Å²) in [5, 5.41) is 32.4. The number of phenols is 2. The number of phenolic OH excluding ortho intramolecular Hbond substituents is 2. The Morgan fingerprint density at radius 2 is 2.09 bits per heavy atom. The van der Waals surface area contributed by atoms with E-state index in [0.717, 1.165) is 11.6 Å². The molecule has 0 saturated carbocycles. The summed E-state index contributed by atoms with van der Waals surface area (Å²) < 4.78 is 0. The summed E-state index contributed by atoms with van der Waals surface area (Å²) in [5.41, 5.74) is 0.665. The number of aryl methyl sites for hydroxylation is 1. The van der Waals surface area contributed by atoms with Crippen molar-refractivity contribution < 1.29 is 19.9 Å². The van der Waals surface area contributed by atoms with Crippen LogP contribution in [0.1, 0.15) is 17.5 Å². The van der Waals surface area contributed by atoms with Gasteiger partial charge in [0.15, 0.2) is 5.75 Å². The predicted octanol–water partition coefficient (Wildman–Crippen LogP) is 1.65. The van der Waals surface area contributed by atoms with Crippen molar-refractivity contribution in [1.29, 1.82) is 0 Å². The molecule has 2 rings (SSSR count). The van der Waals surface area contributed by atoms with Gasteiger partial charge in [-0.15, -0.1) is 0 Å². The molecule has 0 bridgehead atoms. The maximum absolute atomic E-state index is 11.8. The van der Waals surface area contributed by atoms with Gasteiger partial charge in [-0.2, -0.15) is 0 Å². The van der Waals surface area contributed by atoms with E-state index in [4.69, 9.17) is 0 Å². The third kappa shape index (κ3) is 4.40. The number of nitro groups is 1. The number of carbonyl (C=O) groups excluding carboxylic acids is 1. The van der Waals surface area contributed by atoms with Crippen LogP contribution in [0.4, 0.5) is 5.69 Å². The number of nitrogens with zero attached hydrogens (tertiary/aromatic N) is 2. The lowest BCUT2D eigenvalue weighted by Gasteiger charge is -2.06. The van der Waals surface area contributed by atoms with Gasteiger partial charge in [0.2, 0.25) is 11.7 Å². The van der Waals surface area contributed by atoms with E-state index in [-0.39, 0.29) is 18.7 Å². The lowest BCUT2D eigenvalue weighted by atomic mass is 10.1. The Morgan fingerprint density at radius 3 is 2.74 bits per heavy atom. The molecule has 0 aliphatic rings. The van der Waals surface area contributed by atoms with Crippen LogP contribution in [0.3, 0.4) is 0 Å². The minimum absolute atomic E-state index is 0.0988. The van der Waals surface area contributed by atoms with Gasteiger partial charge >= 0.3 is 5.69 Å². The highest BCUT2D eigenvalue weighted by molar-refractivity contribution is 5.76. The molecule has 0 aliphatic heterocycles. The number of nitrogens with one attached hydrogen (secondary N) is 1. The number of hydrogen-bond donors (Lipinski definition) is 3. The van der Waals surface area contributed by atoms with Gasteiger partial charge in [0.1, 0.15) is 0 Å². The Balaban J connectivity index is 1.93. The maximum atomic E-state index is 11.8. The van der Waals surface area contributed by atoms with Crippen LogP contribution in [0.2, 0.25) is 0 Å². The second-order valence-corrected chi connectivity index (χ2v) is 4.88. The van der Waals surface area contributed by atoms with Gasteiger partial charge in [0, 0.05) is 31.4 Å². The van der Waals surface area contributed by atoms with Crippen LogP contribution in [0.5, 0.6) is 11.5 Å². The molecule has 2 aromatic rings. The van der Waals surface area contributed by atoms with Gasteiger partial charge < -0.3 is 15.5 Å². The average Bonchev–Trinajstić information content (AvgIpc) is 2.54. The fourth-order valence-corrected chi connectivity index (χ4v) is 1.99. The van der Waals surface area contributed by atoms with Crippen molar-refractivity contribution >= 4 is 11.6 Å². The molecular weight excluding hydrogens is 302 g/mol. The van der Waals surface area contributed by atoms with Crippen LogP contribution >= 0.6 is 0 Å². The molecule has 1 aromatic carbocycles. The maximum Gasteiger partial charge on any atom is 0.314 e. The first-order valence-corrected chi connectivity index (χ1v) is 6.82. The van der Waals surface area contributed by atoms with Crippen molar-refractivity contribution in [2.24, 2.45) is 0 Å². The number of aromatic nitrogens is 1. The minimum atomic E-state index is -0.791. The van der Waals surface area contributed by atoms with E-state index in [2.05, 4.69) is 10.3 Å². The molecule has 1 aromatic heterocycles. The summed E-state index contributed by atoms with van der Waals surface area (Å²) >= 11 is 0. The van der Waals surface area contributed by atoms with Crippen LogP contribution in [0, 0.1) is 10.1 Å². The summed E-state index contributed by atoms with van der Waals surface area (Å²) in [5.74, 6) is -1.59. The monoisotopic (exact) mass is 317 g/mol. The van der Waals surface area contributed by atoms with E-state index in [1.165, 1.54) is 6.07 Å². The largest absolute Gasteiger partial charge is 0.504 e. The van der Waals surface area contributed by atoms with Gasteiger partial charge in [-0.05, 0) is 29.7 Å². The highest BCUT2D eigenvalue weighted by atomic mass is 16.6. The van der Waals surface area contributed by atoms with E-state index < -0.39 is 22.1 Å². The molecule has 0 aliphatic carbocycles. The summed E-state index contributed by atoms with van der Waals surface area (Å²) in [4.78, 5) is 25.7. The molecule has 0 spiro atoms. The standard InChI is InChI=1S/C15H15N3O5/c19-13-7-10(6-12(15(13)21)18(22)23)3-4-14(20)17-9-11-2-1-5-16-8-11/h1-2,5-8,19,21H,3-4,9H2,(H,17,20). The topological polar surface area (TPSA) is 126 Å². The Bertz CT molecular complexity index is 719. The van der Waals surface area contributed by atoms with Gasteiger partial charge in [-0.3, -0.25) is 19.9 Å². The number of benzene rings is 1. The van der Waals surface area contributed by atoms with E-state index in [9.17, 15) is 25.1 Å². The smallest absolute Gasteiger partial charge is 0.314 e. The molecule has 23 heavy (non-hydrogen) atoms. The van der Waals surface area contributed by atoms with E-state index in [1.807, 2.05) is 6.07 Å². The molecule has 0 unspecified atom stereocenters. The predicted molar refractivity (Wildman–Crippen MR) is 80.8 cm³/mol. The Labute approximate surface area is 131 Å². The third-order valence-electron chi connectivity index (χ3n) is 3.18. The SMILES string of the molecule is O=C(CCc1cc(O)c(O)c([N+](=O)[O-])c1)NCc1cccnc1. The van der Waals surface area contributed by atoms with Crippen molar-refractivity contribution in [3.63, 3.8) is 0 Å². The van der Waals surface area contributed by atoms with Crippen LogP contribution in [0.15, 0.2) is 36.7 Å². The second-order valence-electron chi connectivity index (χ2n) is 4.88. The van der Waals surface area contributed by atoms with Gasteiger partial charge in [0.25, 0.3) is 0 Å². The first kappa shape index (κ1) is 16.2. The molecule has 3 N–H and O–H groups in total. The number of hydrogen-bond acceptors (Lipinski definition) is 6. The number of rotatable bonds is 6. The first-order chi connectivity index (χ1) is 11.0. The van der Waals surface area contributed by atoms with E-state index in [1.54, 1.807) is 18.5 Å². The van der Waals surface area contributed by atoms with Gasteiger partial charge in [0.05, 0.1) is 4.92 Å². The van der Waals surface area contributed by atoms with Crippen LogP contribution in [-0.4, -0.2) is 26.0 Å². The van der Waals surface area contributed by atoms with Crippen LogP contribution in [-0.2, 0) is 17.8 Å². The lowest BCUT2D eigenvalue weighted by Crippen LogP contribution is -2.23. The second kappa shape index (κ2) is 7.21. The Kier molecular flexibility index (Phi) is 5.08. The third-order valence-corrected chi connectivity index (χ3v) is 3.18. The fourth-order valence-electron chi connectivity index (χ4n) is 1.99. The van der Waals surface area contributed by atoms with Crippen molar-refractivity contribution in [2.75, 3.05) is 0 Å². The highest BCUT2D eigenvalue weighted by Crippen LogP contribution is 2.36. The van der Waals surface area contributed by atoms with Crippen molar-refractivity contribution in [3.8, 4) is 11.5 Å². The summed E-state index contributed by atoms with van der Waals surface area (Å²) in [6.45, 7) is 0.341. The molecule has 0 atom stereocenters. The van der Waals surface area contributed by atoms with Crippen LogP contribution < -0.4 is 5.32 Å². The zero-order valence-electron chi connectivity index (χ0n) is 12.1. The molecule has 0 saturated heterocycles. The number of carbonyl (C=O) groups is 1. The molecule has 1 heterocycles. The van der Waals surface area contributed by atoms with Gasteiger partial charge in [-0.25, -0.2) is 0 Å². The summed E-state index contributed by atoms with van der Waals surface area (Å²) in [6, 6.07) is 5.94. The lowest BCUT2D eigenvalue weighted by molar-refractivity contribution is -0.386. The normalized spacial score (nSPS) is 10.3. The zero-order valence-corrected chi connectivity index (χ0v) is 12.1. The molecular formula is C15H15N3O5.